The van der Waals surface area contributed by atoms with Crippen molar-refractivity contribution in [1.29, 1.82) is 0 Å². The van der Waals surface area contributed by atoms with Crippen LogP contribution in [-0.2, 0) is 94.8 Å². The Labute approximate surface area is 514 Å². The number of carbonyl (C=O) groups excluding carboxylic acids is 1. The molecule has 4 aliphatic carbocycles. The summed E-state index contributed by atoms with van der Waals surface area (Å²) >= 11 is 0. The smallest absolute Gasteiger partial charge is 0.303 e. The molecule has 0 amide bonds. The summed E-state index contributed by atoms with van der Waals surface area (Å²) < 4.78 is 120. The highest BCUT2D eigenvalue weighted by Gasteiger charge is 2.66. The Morgan fingerprint density at radius 1 is 0.609 bits per heavy atom. The van der Waals surface area contributed by atoms with Crippen molar-refractivity contribution < 1.29 is 110 Å². The monoisotopic (exact) mass is 1240 g/mol. The summed E-state index contributed by atoms with van der Waals surface area (Å²) in [5.74, 6) is -0.497. The molecule has 87 heavy (non-hydrogen) atoms. The van der Waals surface area contributed by atoms with Crippen LogP contribution in [0.4, 0.5) is 0 Å². The molecule has 0 unspecified atom stereocenters. The van der Waals surface area contributed by atoms with Gasteiger partial charge in [0.2, 0.25) is 0 Å². The molecular formula is C64H104O23. The second kappa shape index (κ2) is 27.0. The predicted octanol–water partition coefficient (Wildman–Crippen LogP) is 6.23. The molecule has 0 aromatic rings. The van der Waals surface area contributed by atoms with Crippen LogP contribution in [0.15, 0.2) is 11.6 Å². The summed E-state index contributed by atoms with van der Waals surface area (Å²) in [7, 11) is 6.41. The van der Waals surface area contributed by atoms with E-state index in [0.29, 0.717) is 49.9 Å². The summed E-state index contributed by atoms with van der Waals surface area (Å²) in [6.45, 7) is 19.3. The molecule has 11 aliphatic rings. The first kappa shape index (κ1) is 66.8. The third-order valence-electron chi connectivity index (χ3n) is 22.7. The fourth-order valence-electron chi connectivity index (χ4n) is 17.9. The molecule has 32 atom stereocenters. The van der Waals surface area contributed by atoms with Gasteiger partial charge >= 0.3 is 5.97 Å². The Bertz CT molecular complexity index is 2320. The van der Waals surface area contributed by atoms with Crippen LogP contribution in [0.3, 0.4) is 0 Å². The molecule has 7 heterocycles. The number of hydrogen-bond acceptors (Lipinski definition) is 23. The Morgan fingerprint density at radius 3 is 1.72 bits per heavy atom. The number of methoxy groups -OCH3 is 4. The zero-order valence-electron chi connectivity index (χ0n) is 53.9. The van der Waals surface area contributed by atoms with Crippen molar-refractivity contribution in [2.24, 2.45) is 28.6 Å². The summed E-state index contributed by atoms with van der Waals surface area (Å²) in [4.78, 5) is 11.8. The van der Waals surface area contributed by atoms with Crippen molar-refractivity contribution in [3.8, 4) is 0 Å². The van der Waals surface area contributed by atoms with Crippen LogP contribution in [0, 0.1) is 28.6 Å². The molecule has 0 aromatic heterocycles. The molecule has 10 fully saturated rings. The van der Waals surface area contributed by atoms with Crippen LogP contribution in [-0.4, -0.2) is 222 Å². The largest absolute Gasteiger partial charge is 0.457 e. The average Bonchev–Trinajstić information content (AvgIpc) is 1.76. The van der Waals surface area contributed by atoms with E-state index in [4.69, 9.17) is 90.0 Å². The van der Waals surface area contributed by atoms with Gasteiger partial charge in [0.25, 0.3) is 5.97 Å². The molecule has 1 spiro atoms. The SMILES string of the molecule is CO[C@H]1C[C@H](O[C@H]2[C@@H](OC)C[C@H](O[C@H]3[C@H](O)C[C@H](O[C@H]4[C@@H](OC)C[C@H](O[C@@H]5[C@@H](C)O[C@]6(C[C@H]5OC)OCO[C@@H]5C[C@H](O[C@@H](C)[C@@]7(O)CC[C@H]8[C@@H]9CC=C%10C[C@@H](O)CC[C@]%10(C)[C@H]9CC[C@@]87C)O[C@H](C)[C@H]5O6)O[C@@H]4C)O[C@@H]3C)O[C@@H]2C)O[C@H](C)[C@H]1OC(C)=O. The van der Waals surface area contributed by atoms with Crippen molar-refractivity contribution in [1.82, 2.24) is 0 Å². The molecule has 23 heteroatoms. The van der Waals surface area contributed by atoms with Gasteiger partial charge in [-0.1, -0.05) is 25.5 Å². The first-order chi connectivity index (χ1) is 41.4. The van der Waals surface area contributed by atoms with Crippen molar-refractivity contribution >= 4 is 5.97 Å². The third-order valence-corrected chi connectivity index (χ3v) is 22.7. The molecule has 0 aromatic carbocycles. The summed E-state index contributed by atoms with van der Waals surface area (Å²) in [5.41, 5.74) is 0.239. The van der Waals surface area contributed by atoms with Crippen LogP contribution in [0.1, 0.15) is 159 Å². The van der Waals surface area contributed by atoms with Crippen molar-refractivity contribution in [3.05, 3.63) is 11.6 Å². The fourth-order valence-corrected chi connectivity index (χ4v) is 17.9. The highest BCUT2D eigenvalue weighted by molar-refractivity contribution is 5.66. The molecule has 3 saturated carbocycles. The summed E-state index contributed by atoms with van der Waals surface area (Å²) in [6.07, 6.45) is -2.90. The minimum atomic E-state index is -1.53. The lowest BCUT2D eigenvalue weighted by atomic mass is 9.46. The Balaban J connectivity index is 0.642. The molecular weight excluding hydrogens is 1140 g/mol. The molecule has 3 N–H and O–H groups in total. The summed E-state index contributed by atoms with van der Waals surface area (Å²) in [6, 6.07) is 0. The van der Waals surface area contributed by atoms with Gasteiger partial charge in [0, 0.05) is 72.9 Å². The Kier molecular flexibility index (Phi) is 20.7. The van der Waals surface area contributed by atoms with Gasteiger partial charge in [0.05, 0.1) is 91.4 Å². The van der Waals surface area contributed by atoms with Gasteiger partial charge in [-0.2, -0.15) is 0 Å². The van der Waals surface area contributed by atoms with Gasteiger partial charge in [-0.25, -0.2) is 0 Å². The lowest BCUT2D eigenvalue weighted by Crippen LogP contribution is -2.62. The van der Waals surface area contributed by atoms with Crippen LogP contribution in [0.2, 0.25) is 0 Å². The summed E-state index contributed by atoms with van der Waals surface area (Å²) in [5, 5.41) is 35.0. The minimum absolute atomic E-state index is 0.101. The number of aliphatic hydroxyl groups excluding tert-OH is 2. The second-order valence-electron chi connectivity index (χ2n) is 27.8. The molecule has 0 bridgehead atoms. The van der Waals surface area contributed by atoms with Crippen molar-refractivity contribution in [2.45, 2.75) is 324 Å². The molecule has 7 saturated heterocycles. The number of rotatable bonds is 16. The van der Waals surface area contributed by atoms with Crippen molar-refractivity contribution in [2.75, 3.05) is 35.2 Å². The average molecular weight is 1240 g/mol. The van der Waals surface area contributed by atoms with Gasteiger partial charge < -0.3 is 105 Å². The normalized spacial score (nSPS) is 52.3. The van der Waals surface area contributed by atoms with Gasteiger partial charge in [0.15, 0.2) is 44.3 Å². The zero-order chi connectivity index (χ0) is 62.1. The van der Waals surface area contributed by atoms with E-state index >= 15 is 0 Å². The Morgan fingerprint density at radius 2 is 1.14 bits per heavy atom. The number of hydrogen-bond donors (Lipinski definition) is 3. The van der Waals surface area contributed by atoms with Crippen LogP contribution >= 0.6 is 0 Å². The standard InChI is InChI=1S/C64H104O23/c1-31-55(82-52-26-46(70-12)58(34(4)77-52)84-53-25-45(69-11)56(32(2)76-53)81-38(8)65)44(67)24-50(75-31)83-57-33(3)78-54(27-47(57)71-13)85-59-36(6)86-64(29-49(59)72-14)74-30-73-48-28-51(79-35(5)60(48)87-64)80-37(7)63(68)22-19-43-41-16-15-39-23-40(66)17-20-61(39,9)42(41)18-21-62(43,63)10/h15,31-37,40-60,66-68H,16-30H2,1-14H3/t31-,32-,33-,34-,35-,36-,37+,40+,41-,42+,43+,44-,45+,46+,47+,48-,49-,50+,51+,52+,53+,54+,55-,56-,57-,58-,59-,60-,61+,62+,63+,64+/m1/s1. The quantitative estimate of drug-likeness (QED) is 0.114. The van der Waals surface area contributed by atoms with Crippen LogP contribution in [0.25, 0.3) is 0 Å². The highest BCUT2D eigenvalue weighted by atomic mass is 16.9. The molecule has 23 nitrogen and oxygen atoms in total. The highest BCUT2D eigenvalue weighted by Crippen LogP contribution is 2.68. The van der Waals surface area contributed by atoms with Gasteiger partial charge in [-0.3, -0.25) is 4.79 Å². The molecule has 11 rings (SSSR count). The third kappa shape index (κ3) is 13.2. The second-order valence-corrected chi connectivity index (χ2v) is 27.8. The number of fused-ring (bicyclic) bond motifs is 6. The van der Waals surface area contributed by atoms with E-state index < -0.39 is 165 Å². The molecule has 7 aliphatic heterocycles. The number of aliphatic hydroxyl groups is 3. The van der Waals surface area contributed by atoms with E-state index in [1.807, 2.05) is 48.5 Å². The lowest BCUT2D eigenvalue weighted by Gasteiger charge is -2.59. The van der Waals surface area contributed by atoms with Crippen molar-refractivity contribution in [3.63, 3.8) is 0 Å². The van der Waals surface area contributed by atoms with E-state index in [9.17, 15) is 20.1 Å². The Hall–Kier alpha value is -1.63. The van der Waals surface area contributed by atoms with Gasteiger partial charge in [-0.05, 0) is 123 Å². The van der Waals surface area contributed by atoms with E-state index in [-0.39, 0.29) is 36.6 Å². The first-order valence-corrected chi connectivity index (χ1v) is 32.6. The zero-order valence-corrected chi connectivity index (χ0v) is 53.9. The van der Waals surface area contributed by atoms with Gasteiger partial charge in [0.1, 0.15) is 36.6 Å². The minimum Gasteiger partial charge on any atom is -0.457 e. The lowest BCUT2D eigenvalue weighted by molar-refractivity contribution is -0.447. The first-order valence-electron chi connectivity index (χ1n) is 32.6. The topological polar surface area (TPSA) is 253 Å². The van der Waals surface area contributed by atoms with Gasteiger partial charge in [-0.15, -0.1) is 0 Å². The van der Waals surface area contributed by atoms with E-state index in [0.717, 1.165) is 44.9 Å². The molecule has 498 valence electrons. The van der Waals surface area contributed by atoms with E-state index in [2.05, 4.69) is 19.9 Å². The number of esters is 1. The predicted molar refractivity (Wildman–Crippen MR) is 306 cm³/mol. The maximum Gasteiger partial charge on any atom is 0.303 e. The maximum atomic E-state index is 12.8. The van der Waals surface area contributed by atoms with Crippen LogP contribution < -0.4 is 0 Å². The number of ether oxygens (including phenoxy) is 19. The number of allylic oxidation sites excluding steroid dienone is 1. The fraction of sp³-hybridized carbons (Fsp3) is 0.953. The van der Waals surface area contributed by atoms with E-state index in [1.54, 1.807) is 28.4 Å². The molecule has 0 radical (unpaired) electrons. The van der Waals surface area contributed by atoms with Crippen LogP contribution in [0.5, 0.6) is 0 Å². The maximum absolute atomic E-state index is 12.8. The number of carbonyl (C=O) groups is 1. The van der Waals surface area contributed by atoms with E-state index in [1.165, 1.54) is 12.5 Å².